The summed E-state index contributed by atoms with van der Waals surface area (Å²) in [6, 6.07) is 18.9. The number of esters is 1. The molecule has 7 nitrogen and oxygen atoms in total. The first-order valence-corrected chi connectivity index (χ1v) is 10.6. The van der Waals surface area contributed by atoms with Crippen LogP contribution in [0.5, 0.6) is 5.75 Å². The SMILES string of the molecule is COC(=O)c1ccc(CSc2nnc(-c3ccc(OC)cc3)n2Cc2ccco2)cc1. The van der Waals surface area contributed by atoms with Crippen molar-refractivity contribution in [3.8, 4) is 17.1 Å². The first-order valence-electron chi connectivity index (χ1n) is 9.58. The average molecular weight is 436 g/mol. The number of hydrogen-bond donors (Lipinski definition) is 0. The molecule has 0 unspecified atom stereocenters. The van der Waals surface area contributed by atoms with Gasteiger partial charge in [-0.2, -0.15) is 0 Å². The van der Waals surface area contributed by atoms with Gasteiger partial charge in [-0.3, -0.25) is 4.57 Å². The minimum atomic E-state index is -0.346. The van der Waals surface area contributed by atoms with Crippen molar-refractivity contribution in [1.29, 1.82) is 0 Å². The van der Waals surface area contributed by atoms with Gasteiger partial charge in [-0.15, -0.1) is 10.2 Å². The Morgan fingerprint density at radius 3 is 2.45 bits per heavy atom. The van der Waals surface area contributed by atoms with Crippen molar-refractivity contribution in [1.82, 2.24) is 14.8 Å². The molecule has 2 heterocycles. The summed E-state index contributed by atoms with van der Waals surface area (Å²) in [5, 5.41) is 9.63. The van der Waals surface area contributed by atoms with E-state index in [0.717, 1.165) is 33.6 Å². The number of hydrogen-bond acceptors (Lipinski definition) is 7. The lowest BCUT2D eigenvalue weighted by atomic mass is 10.1. The molecule has 2 aromatic carbocycles. The van der Waals surface area contributed by atoms with Gasteiger partial charge in [0, 0.05) is 11.3 Å². The molecule has 0 radical (unpaired) electrons. The molecule has 0 aliphatic carbocycles. The first kappa shape index (κ1) is 20.7. The summed E-state index contributed by atoms with van der Waals surface area (Å²) in [7, 11) is 3.01. The van der Waals surface area contributed by atoms with Gasteiger partial charge in [-0.1, -0.05) is 23.9 Å². The molecule has 0 spiro atoms. The largest absolute Gasteiger partial charge is 0.497 e. The number of thioether (sulfide) groups is 1. The maximum atomic E-state index is 11.6. The highest BCUT2D eigenvalue weighted by Gasteiger charge is 2.16. The highest BCUT2D eigenvalue weighted by atomic mass is 32.2. The Hall–Kier alpha value is -3.52. The maximum absolute atomic E-state index is 11.6. The van der Waals surface area contributed by atoms with Crippen LogP contribution in [0.3, 0.4) is 0 Å². The van der Waals surface area contributed by atoms with Gasteiger partial charge in [0.15, 0.2) is 11.0 Å². The zero-order chi connectivity index (χ0) is 21.6. The van der Waals surface area contributed by atoms with Gasteiger partial charge >= 0.3 is 5.97 Å². The van der Waals surface area contributed by atoms with E-state index in [-0.39, 0.29) is 5.97 Å². The monoisotopic (exact) mass is 435 g/mol. The molecule has 0 fully saturated rings. The normalized spacial score (nSPS) is 10.8. The van der Waals surface area contributed by atoms with Gasteiger partial charge in [0.2, 0.25) is 0 Å². The number of aromatic nitrogens is 3. The molecule has 4 aromatic rings. The van der Waals surface area contributed by atoms with Crippen LogP contribution < -0.4 is 4.74 Å². The molecule has 0 amide bonds. The second-order valence-corrected chi connectivity index (χ2v) is 7.62. The Kier molecular flexibility index (Phi) is 6.37. The lowest BCUT2D eigenvalue weighted by molar-refractivity contribution is 0.0600. The van der Waals surface area contributed by atoms with E-state index in [1.165, 1.54) is 7.11 Å². The van der Waals surface area contributed by atoms with Crippen molar-refractivity contribution in [3.63, 3.8) is 0 Å². The van der Waals surface area contributed by atoms with Crippen LogP contribution in [0, 0.1) is 0 Å². The van der Waals surface area contributed by atoms with Crippen LogP contribution in [0.2, 0.25) is 0 Å². The smallest absolute Gasteiger partial charge is 0.337 e. The van der Waals surface area contributed by atoms with Gasteiger partial charge < -0.3 is 13.9 Å². The minimum absolute atomic E-state index is 0.346. The number of benzene rings is 2. The summed E-state index contributed by atoms with van der Waals surface area (Å²) >= 11 is 1.57. The van der Waals surface area contributed by atoms with Gasteiger partial charge in [0.1, 0.15) is 11.5 Å². The van der Waals surface area contributed by atoms with Crippen LogP contribution in [0.15, 0.2) is 76.5 Å². The van der Waals surface area contributed by atoms with Crippen molar-refractivity contribution >= 4 is 17.7 Å². The van der Waals surface area contributed by atoms with Crippen LogP contribution in [0.1, 0.15) is 21.7 Å². The van der Waals surface area contributed by atoms with Gasteiger partial charge in [-0.05, 0) is 54.1 Å². The Morgan fingerprint density at radius 2 is 1.81 bits per heavy atom. The van der Waals surface area contributed by atoms with Gasteiger partial charge in [-0.25, -0.2) is 4.79 Å². The molecule has 31 heavy (non-hydrogen) atoms. The molecule has 0 saturated carbocycles. The molecule has 0 bridgehead atoms. The minimum Gasteiger partial charge on any atom is -0.497 e. The lowest BCUT2D eigenvalue weighted by Gasteiger charge is -2.09. The Morgan fingerprint density at radius 1 is 1.03 bits per heavy atom. The molecule has 0 saturated heterocycles. The molecule has 8 heteroatoms. The van der Waals surface area contributed by atoms with E-state index in [2.05, 4.69) is 10.2 Å². The fraction of sp³-hybridized carbons (Fsp3) is 0.174. The van der Waals surface area contributed by atoms with Crippen molar-refractivity contribution < 1.29 is 18.7 Å². The van der Waals surface area contributed by atoms with Crippen LogP contribution >= 0.6 is 11.8 Å². The molecule has 0 aliphatic rings. The van der Waals surface area contributed by atoms with Crippen LogP contribution in [0.25, 0.3) is 11.4 Å². The summed E-state index contributed by atoms with van der Waals surface area (Å²) in [6.45, 7) is 0.519. The standard InChI is InChI=1S/C23H21N3O4S/c1-28-19-11-9-17(10-12-19)21-24-25-23(26(21)14-20-4-3-13-30-20)31-15-16-5-7-18(8-6-16)22(27)29-2/h3-13H,14-15H2,1-2H3. The van der Waals surface area contributed by atoms with E-state index in [0.29, 0.717) is 17.9 Å². The van der Waals surface area contributed by atoms with Gasteiger partial charge in [0.05, 0.1) is 32.6 Å². The fourth-order valence-electron chi connectivity index (χ4n) is 3.05. The zero-order valence-electron chi connectivity index (χ0n) is 17.1. The van der Waals surface area contributed by atoms with Gasteiger partial charge in [0.25, 0.3) is 0 Å². The zero-order valence-corrected chi connectivity index (χ0v) is 18.0. The van der Waals surface area contributed by atoms with E-state index in [4.69, 9.17) is 13.9 Å². The quantitative estimate of drug-likeness (QED) is 0.294. The van der Waals surface area contributed by atoms with Crippen molar-refractivity contribution in [2.24, 2.45) is 0 Å². The maximum Gasteiger partial charge on any atom is 0.337 e. The molecular weight excluding hydrogens is 414 g/mol. The van der Waals surface area contributed by atoms with Crippen molar-refractivity contribution in [3.05, 3.63) is 83.8 Å². The number of nitrogens with zero attached hydrogens (tertiary/aromatic N) is 3. The lowest BCUT2D eigenvalue weighted by Crippen LogP contribution is -2.03. The summed E-state index contributed by atoms with van der Waals surface area (Å²) in [4.78, 5) is 11.6. The highest BCUT2D eigenvalue weighted by molar-refractivity contribution is 7.98. The van der Waals surface area contributed by atoms with Crippen LogP contribution in [0.4, 0.5) is 0 Å². The van der Waals surface area contributed by atoms with E-state index < -0.39 is 0 Å². The van der Waals surface area contributed by atoms with E-state index in [1.54, 1.807) is 37.3 Å². The summed E-state index contributed by atoms with van der Waals surface area (Å²) < 4.78 is 17.6. The summed E-state index contributed by atoms with van der Waals surface area (Å²) in [6.07, 6.45) is 1.66. The fourth-order valence-corrected chi connectivity index (χ4v) is 3.95. The number of rotatable bonds is 8. The Labute approximate surface area is 184 Å². The van der Waals surface area contributed by atoms with Crippen molar-refractivity contribution in [2.45, 2.75) is 17.5 Å². The van der Waals surface area contributed by atoms with E-state index >= 15 is 0 Å². The second-order valence-electron chi connectivity index (χ2n) is 6.68. The predicted octanol–water partition coefficient (Wildman–Crippen LogP) is 4.67. The van der Waals surface area contributed by atoms with E-state index in [1.807, 2.05) is 53.1 Å². The van der Waals surface area contributed by atoms with Crippen molar-refractivity contribution in [2.75, 3.05) is 14.2 Å². The Balaban J connectivity index is 1.57. The third-order valence-electron chi connectivity index (χ3n) is 4.70. The average Bonchev–Trinajstić information content (AvgIpc) is 3.48. The number of carbonyl (C=O) groups excluding carboxylic acids is 1. The second kappa shape index (κ2) is 9.53. The molecular formula is C23H21N3O4S. The highest BCUT2D eigenvalue weighted by Crippen LogP contribution is 2.28. The summed E-state index contributed by atoms with van der Waals surface area (Å²) in [5.41, 5.74) is 2.53. The van der Waals surface area contributed by atoms with Crippen LogP contribution in [-0.2, 0) is 17.0 Å². The van der Waals surface area contributed by atoms with Crippen LogP contribution in [-0.4, -0.2) is 35.0 Å². The third kappa shape index (κ3) is 4.80. The first-order chi connectivity index (χ1) is 15.2. The number of furan rings is 1. The predicted molar refractivity (Wildman–Crippen MR) is 117 cm³/mol. The third-order valence-corrected chi connectivity index (χ3v) is 5.74. The topological polar surface area (TPSA) is 79.4 Å². The molecule has 0 N–H and O–H groups in total. The molecule has 4 rings (SSSR count). The molecule has 158 valence electrons. The molecule has 0 atom stereocenters. The molecule has 0 aliphatic heterocycles. The molecule has 2 aromatic heterocycles. The summed E-state index contributed by atoms with van der Waals surface area (Å²) in [5.74, 6) is 2.69. The number of carbonyl (C=O) groups is 1. The number of ether oxygens (including phenoxy) is 2. The number of methoxy groups -OCH3 is 2. The van der Waals surface area contributed by atoms with E-state index in [9.17, 15) is 4.79 Å². The Bertz CT molecular complexity index is 1140.